The third kappa shape index (κ3) is 3.07. The minimum Gasteiger partial charge on any atom is -0.391 e. The van der Waals surface area contributed by atoms with Gasteiger partial charge in [0.1, 0.15) is 0 Å². The van der Waals surface area contributed by atoms with Crippen LogP contribution in [0.15, 0.2) is 24.4 Å². The molecule has 0 bridgehead atoms. The van der Waals surface area contributed by atoms with Crippen LogP contribution in [0.5, 0.6) is 0 Å². The fourth-order valence-corrected chi connectivity index (χ4v) is 2.51. The van der Waals surface area contributed by atoms with Crippen LogP contribution in [0.25, 0.3) is 0 Å². The lowest BCUT2D eigenvalue weighted by Gasteiger charge is -2.35. The largest absolute Gasteiger partial charge is 0.391 e. The first kappa shape index (κ1) is 13.0. The molecule has 18 heavy (non-hydrogen) atoms. The molecular weight excluding hydrogens is 228 g/mol. The smallest absolute Gasteiger partial charge is 0.228 e. The van der Waals surface area contributed by atoms with Gasteiger partial charge in [-0.3, -0.25) is 9.78 Å². The van der Waals surface area contributed by atoms with Crippen LogP contribution in [0.3, 0.4) is 0 Å². The van der Waals surface area contributed by atoms with Crippen molar-refractivity contribution in [3.8, 4) is 0 Å². The van der Waals surface area contributed by atoms with E-state index in [4.69, 9.17) is 0 Å². The Bertz CT molecular complexity index is 394. The van der Waals surface area contributed by atoms with Crippen LogP contribution in [0.4, 0.5) is 0 Å². The summed E-state index contributed by atoms with van der Waals surface area (Å²) in [6.07, 6.45) is 5.45. The summed E-state index contributed by atoms with van der Waals surface area (Å²) in [5.41, 5.74) is 0.777. The Kier molecular flexibility index (Phi) is 4.31. The lowest BCUT2D eigenvalue weighted by atomic mass is 9.91. The first-order chi connectivity index (χ1) is 8.68. The van der Waals surface area contributed by atoms with Crippen molar-refractivity contribution >= 4 is 5.91 Å². The van der Waals surface area contributed by atoms with Gasteiger partial charge in [0.25, 0.3) is 0 Å². The van der Waals surface area contributed by atoms with Gasteiger partial charge in [-0.1, -0.05) is 18.9 Å². The van der Waals surface area contributed by atoms with Crippen LogP contribution in [0.2, 0.25) is 0 Å². The lowest BCUT2D eigenvalue weighted by molar-refractivity contribution is -0.134. The van der Waals surface area contributed by atoms with Crippen molar-refractivity contribution in [2.45, 2.75) is 44.2 Å². The van der Waals surface area contributed by atoms with Gasteiger partial charge in [-0.15, -0.1) is 0 Å². The molecule has 1 aliphatic rings. The maximum absolute atomic E-state index is 12.1. The maximum Gasteiger partial charge on any atom is 0.228 e. The molecular formula is C14H20N2O2. The number of aliphatic hydroxyl groups is 1. The van der Waals surface area contributed by atoms with Crippen LogP contribution < -0.4 is 0 Å². The SMILES string of the molecule is CN(C(=O)Cc1ccccn1)C1CCCCC1O. The number of rotatable bonds is 3. The number of nitrogens with zero attached hydrogens (tertiary/aromatic N) is 2. The Morgan fingerprint density at radius 2 is 2.22 bits per heavy atom. The summed E-state index contributed by atoms with van der Waals surface area (Å²) in [6, 6.07) is 5.53. The van der Waals surface area contributed by atoms with Gasteiger partial charge in [-0.2, -0.15) is 0 Å². The molecule has 1 N–H and O–H groups in total. The second-order valence-electron chi connectivity index (χ2n) is 4.92. The highest BCUT2D eigenvalue weighted by Gasteiger charge is 2.29. The molecule has 0 spiro atoms. The van der Waals surface area contributed by atoms with E-state index in [0.29, 0.717) is 6.42 Å². The summed E-state index contributed by atoms with van der Waals surface area (Å²) in [5, 5.41) is 9.94. The summed E-state index contributed by atoms with van der Waals surface area (Å²) in [7, 11) is 1.78. The molecule has 1 saturated carbocycles. The number of carbonyl (C=O) groups is 1. The molecule has 4 heteroatoms. The monoisotopic (exact) mass is 248 g/mol. The van der Waals surface area contributed by atoms with Gasteiger partial charge in [0.15, 0.2) is 0 Å². The van der Waals surface area contributed by atoms with E-state index in [1.54, 1.807) is 18.1 Å². The maximum atomic E-state index is 12.1. The molecule has 1 amide bonds. The Morgan fingerprint density at radius 3 is 2.89 bits per heavy atom. The molecule has 0 saturated heterocycles. The molecule has 2 atom stereocenters. The Morgan fingerprint density at radius 1 is 1.44 bits per heavy atom. The number of hydrogen-bond donors (Lipinski definition) is 1. The number of aliphatic hydroxyl groups excluding tert-OH is 1. The molecule has 0 radical (unpaired) electrons. The van der Waals surface area contributed by atoms with E-state index in [9.17, 15) is 9.90 Å². The molecule has 1 fully saturated rings. The molecule has 98 valence electrons. The van der Waals surface area contributed by atoms with Crippen LogP contribution >= 0.6 is 0 Å². The van der Waals surface area contributed by atoms with Gasteiger partial charge >= 0.3 is 0 Å². The zero-order chi connectivity index (χ0) is 13.0. The van der Waals surface area contributed by atoms with Gasteiger partial charge in [0.2, 0.25) is 5.91 Å². The lowest BCUT2D eigenvalue weighted by Crippen LogP contribution is -2.46. The first-order valence-electron chi connectivity index (χ1n) is 6.52. The minimum atomic E-state index is -0.378. The van der Waals surface area contributed by atoms with E-state index in [1.807, 2.05) is 18.2 Å². The average Bonchev–Trinajstić information content (AvgIpc) is 2.39. The molecule has 1 aliphatic carbocycles. The number of hydrogen-bond acceptors (Lipinski definition) is 3. The van der Waals surface area contributed by atoms with E-state index in [0.717, 1.165) is 31.4 Å². The van der Waals surface area contributed by atoms with Gasteiger partial charge in [-0.05, 0) is 25.0 Å². The molecule has 1 heterocycles. The summed E-state index contributed by atoms with van der Waals surface area (Å²) in [5.74, 6) is 0.0275. The van der Waals surface area contributed by atoms with E-state index in [1.165, 1.54) is 0 Å². The molecule has 1 aromatic rings. The van der Waals surface area contributed by atoms with Crippen LogP contribution in [0.1, 0.15) is 31.4 Å². The van der Waals surface area contributed by atoms with E-state index < -0.39 is 0 Å². The summed E-state index contributed by atoms with van der Waals surface area (Å²) in [6.45, 7) is 0. The third-order valence-electron chi connectivity index (χ3n) is 3.64. The van der Waals surface area contributed by atoms with E-state index >= 15 is 0 Å². The summed E-state index contributed by atoms with van der Waals surface area (Å²) >= 11 is 0. The summed E-state index contributed by atoms with van der Waals surface area (Å²) in [4.78, 5) is 18.0. The van der Waals surface area contributed by atoms with Crippen molar-refractivity contribution in [2.75, 3.05) is 7.05 Å². The molecule has 2 unspecified atom stereocenters. The highest BCUT2D eigenvalue weighted by molar-refractivity contribution is 5.78. The molecule has 1 aromatic heterocycles. The first-order valence-corrected chi connectivity index (χ1v) is 6.52. The number of likely N-dealkylation sites (N-methyl/N-ethyl adjacent to an activating group) is 1. The fourth-order valence-electron chi connectivity index (χ4n) is 2.51. The Balaban J connectivity index is 1.96. The van der Waals surface area contributed by atoms with Gasteiger partial charge < -0.3 is 10.0 Å². The Hall–Kier alpha value is -1.42. The fraction of sp³-hybridized carbons (Fsp3) is 0.571. The van der Waals surface area contributed by atoms with Crippen LogP contribution in [-0.4, -0.2) is 40.1 Å². The van der Waals surface area contributed by atoms with Gasteiger partial charge in [-0.25, -0.2) is 0 Å². The predicted molar refractivity (Wildman–Crippen MR) is 69.0 cm³/mol. The van der Waals surface area contributed by atoms with Crippen molar-refractivity contribution in [3.05, 3.63) is 30.1 Å². The minimum absolute atomic E-state index is 0.0275. The van der Waals surface area contributed by atoms with Crippen molar-refractivity contribution in [2.24, 2.45) is 0 Å². The van der Waals surface area contributed by atoms with Crippen LogP contribution in [-0.2, 0) is 11.2 Å². The number of pyridine rings is 1. The van der Waals surface area contributed by atoms with Crippen molar-refractivity contribution in [1.29, 1.82) is 0 Å². The predicted octanol–water partition coefficient (Wildman–Crippen LogP) is 1.39. The zero-order valence-corrected chi connectivity index (χ0v) is 10.7. The van der Waals surface area contributed by atoms with E-state index in [2.05, 4.69) is 4.98 Å². The van der Waals surface area contributed by atoms with Crippen molar-refractivity contribution < 1.29 is 9.90 Å². The summed E-state index contributed by atoms with van der Waals surface area (Å²) < 4.78 is 0. The van der Waals surface area contributed by atoms with E-state index in [-0.39, 0.29) is 18.1 Å². The topological polar surface area (TPSA) is 53.4 Å². The second-order valence-corrected chi connectivity index (χ2v) is 4.92. The second kappa shape index (κ2) is 5.96. The number of amides is 1. The molecule has 4 nitrogen and oxygen atoms in total. The third-order valence-corrected chi connectivity index (χ3v) is 3.64. The molecule has 2 rings (SSSR count). The van der Waals surface area contributed by atoms with Crippen molar-refractivity contribution in [3.63, 3.8) is 0 Å². The Labute approximate surface area is 108 Å². The standard InChI is InChI=1S/C14H20N2O2/c1-16(12-7-2-3-8-13(12)17)14(18)10-11-6-4-5-9-15-11/h4-6,9,12-13,17H,2-3,7-8,10H2,1H3. The molecule has 0 aromatic carbocycles. The average molecular weight is 248 g/mol. The van der Waals surface area contributed by atoms with Crippen molar-refractivity contribution in [1.82, 2.24) is 9.88 Å². The number of aromatic nitrogens is 1. The highest BCUT2D eigenvalue weighted by atomic mass is 16.3. The number of carbonyl (C=O) groups excluding carboxylic acids is 1. The van der Waals surface area contributed by atoms with Gasteiger partial charge in [0.05, 0.1) is 18.6 Å². The van der Waals surface area contributed by atoms with Crippen LogP contribution in [0, 0.1) is 0 Å². The van der Waals surface area contributed by atoms with Gasteiger partial charge in [0, 0.05) is 18.9 Å². The normalized spacial score (nSPS) is 23.7. The quantitative estimate of drug-likeness (QED) is 0.879. The zero-order valence-electron chi connectivity index (χ0n) is 10.7. The highest BCUT2D eigenvalue weighted by Crippen LogP contribution is 2.22. The molecule has 0 aliphatic heterocycles.